The number of aryl methyl sites for hydroxylation is 1. The number of para-hydroxylation sites is 2. The van der Waals surface area contributed by atoms with Crippen molar-refractivity contribution >= 4 is 26.6 Å². The molecule has 0 atom stereocenters. The fourth-order valence-corrected chi connectivity index (χ4v) is 10.4. The molecule has 1 aliphatic heterocycles. The van der Waals surface area contributed by atoms with E-state index in [2.05, 4.69) is 85.4 Å². The summed E-state index contributed by atoms with van der Waals surface area (Å²) >= 11 is -2.43. The Hall–Kier alpha value is -1.98. The Morgan fingerprint density at radius 2 is 1.18 bits per heavy atom. The van der Waals surface area contributed by atoms with Crippen molar-refractivity contribution in [2.75, 3.05) is 0 Å². The second-order valence-electron chi connectivity index (χ2n) is 5.88. The first-order valence-electron chi connectivity index (χ1n) is 7.50. The van der Waals surface area contributed by atoms with Gasteiger partial charge in [-0.15, -0.1) is 0 Å². The predicted molar refractivity (Wildman–Crippen MR) is 94.7 cm³/mol. The summed E-state index contributed by atoms with van der Waals surface area (Å²) in [6.45, 7) is 2.14. The summed E-state index contributed by atoms with van der Waals surface area (Å²) in [4.78, 5) is 0. The first-order chi connectivity index (χ1) is 10.7. The van der Waals surface area contributed by atoms with Crippen LogP contribution in [0.3, 0.4) is 0 Å². The minimum atomic E-state index is -2.43. The average molecular weight is 349 g/mol. The Kier molecular flexibility index (Phi) is 3.13. The maximum absolute atomic E-state index is 6.16. The topological polar surface area (TPSA) is 9.23 Å². The van der Waals surface area contributed by atoms with Crippen LogP contribution in [-0.4, -0.2) is 13.6 Å². The molecule has 0 spiro atoms. The van der Waals surface area contributed by atoms with E-state index in [9.17, 15) is 0 Å². The Labute approximate surface area is 134 Å². The molecule has 2 heteroatoms. The second kappa shape index (κ2) is 5.04. The van der Waals surface area contributed by atoms with E-state index >= 15 is 0 Å². The van der Waals surface area contributed by atoms with Crippen molar-refractivity contribution in [2.45, 2.75) is 12.6 Å². The van der Waals surface area contributed by atoms with E-state index in [1.165, 1.54) is 18.6 Å². The van der Waals surface area contributed by atoms with Crippen molar-refractivity contribution in [3.63, 3.8) is 0 Å². The summed E-state index contributed by atoms with van der Waals surface area (Å²) in [6, 6.07) is 26.1. The van der Waals surface area contributed by atoms with Crippen LogP contribution in [-0.2, 0) is 0 Å². The minimum absolute atomic E-state index is 1.02. The molecule has 109 valence electrons. The zero-order chi connectivity index (χ0) is 15.2. The normalized spacial score (nSPS) is 14.6. The van der Waals surface area contributed by atoms with Gasteiger partial charge in [0.15, 0.2) is 0 Å². The molecule has 0 fully saturated rings. The van der Waals surface area contributed by atoms with E-state index in [1.54, 1.807) is 0 Å². The number of rotatable bonds is 1. The van der Waals surface area contributed by atoms with Gasteiger partial charge in [-0.3, -0.25) is 0 Å². The third-order valence-corrected chi connectivity index (χ3v) is 12.9. The molecule has 1 nitrogen and oxygen atoms in total. The van der Waals surface area contributed by atoms with Gasteiger partial charge in [-0.2, -0.15) is 0 Å². The number of hydrogen-bond acceptors (Lipinski definition) is 1. The van der Waals surface area contributed by atoms with Gasteiger partial charge in [-0.05, 0) is 0 Å². The van der Waals surface area contributed by atoms with Crippen molar-refractivity contribution < 1.29 is 4.74 Å². The molecule has 0 N–H and O–H groups in total. The zero-order valence-electron chi connectivity index (χ0n) is 12.8. The van der Waals surface area contributed by atoms with Crippen LogP contribution < -0.4 is 17.8 Å². The van der Waals surface area contributed by atoms with E-state index in [-0.39, 0.29) is 0 Å². The molecular formula is C20H18AsO. The number of ether oxygens (including phenoxy) is 1. The van der Waals surface area contributed by atoms with Gasteiger partial charge in [0, 0.05) is 0 Å². The Morgan fingerprint density at radius 3 is 1.73 bits per heavy atom. The van der Waals surface area contributed by atoms with Gasteiger partial charge in [0.1, 0.15) is 0 Å². The van der Waals surface area contributed by atoms with Gasteiger partial charge in [-0.1, -0.05) is 0 Å². The van der Waals surface area contributed by atoms with Gasteiger partial charge in [-0.25, -0.2) is 0 Å². The molecule has 22 heavy (non-hydrogen) atoms. The molecule has 0 bridgehead atoms. The van der Waals surface area contributed by atoms with Crippen molar-refractivity contribution in [3.05, 3.63) is 78.4 Å². The van der Waals surface area contributed by atoms with Gasteiger partial charge < -0.3 is 0 Å². The zero-order valence-corrected chi connectivity index (χ0v) is 14.7. The van der Waals surface area contributed by atoms with E-state index in [1.807, 2.05) is 0 Å². The summed E-state index contributed by atoms with van der Waals surface area (Å²) in [5.41, 5.74) is 3.77. The number of benzene rings is 3. The maximum atomic E-state index is 6.16. The monoisotopic (exact) mass is 349 g/mol. The molecule has 0 aromatic heterocycles. The molecule has 0 saturated heterocycles. The predicted octanol–water partition coefficient (Wildman–Crippen LogP) is 3.20. The quantitative estimate of drug-likeness (QED) is 0.613. The van der Waals surface area contributed by atoms with Gasteiger partial charge >= 0.3 is 134 Å². The van der Waals surface area contributed by atoms with Crippen LogP contribution in [0.1, 0.15) is 5.56 Å². The summed E-state index contributed by atoms with van der Waals surface area (Å²) in [6.07, 6.45) is 0. The van der Waals surface area contributed by atoms with Gasteiger partial charge in [0.2, 0.25) is 0 Å². The first-order valence-corrected chi connectivity index (χ1v) is 12.2. The summed E-state index contributed by atoms with van der Waals surface area (Å²) < 4.78 is 10.4. The van der Waals surface area contributed by atoms with Crippen LogP contribution in [0.5, 0.6) is 11.5 Å². The average Bonchev–Trinajstić information content (AvgIpc) is 2.56. The number of fused-ring (bicyclic) bond motifs is 2. The molecule has 0 aliphatic carbocycles. The molecule has 3 aromatic rings. The fraction of sp³-hybridized carbons (Fsp3) is 0.100. The molecule has 4 rings (SSSR count). The standard InChI is InChI=1S/C20H18AsO/c1-15-11-13-16(14-12-15)21(2)17-7-3-5-9-19(17)22-20-10-6-4-8-18(20)21/h3-14H,1-2H3. The molecule has 0 unspecified atom stereocenters. The molecule has 1 heterocycles. The Morgan fingerprint density at radius 1 is 0.682 bits per heavy atom. The van der Waals surface area contributed by atoms with E-state index < -0.39 is 13.6 Å². The molecule has 0 amide bonds. The van der Waals surface area contributed by atoms with Crippen molar-refractivity contribution in [2.24, 2.45) is 0 Å². The Bertz CT molecular complexity index is 791. The van der Waals surface area contributed by atoms with Crippen molar-refractivity contribution in [1.29, 1.82) is 0 Å². The third-order valence-electron chi connectivity index (χ3n) is 4.46. The summed E-state index contributed by atoms with van der Waals surface area (Å²) in [7, 11) is 0. The summed E-state index contributed by atoms with van der Waals surface area (Å²) in [5.74, 6) is 2.05. The molecule has 0 saturated carbocycles. The van der Waals surface area contributed by atoms with E-state index in [4.69, 9.17) is 4.74 Å². The fourth-order valence-electron chi connectivity index (χ4n) is 3.20. The van der Waals surface area contributed by atoms with Crippen molar-refractivity contribution in [1.82, 2.24) is 0 Å². The summed E-state index contributed by atoms with van der Waals surface area (Å²) in [5, 5.41) is 0. The van der Waals surface area contributed by atoms with Gasteiger partial charge in [0.25, 0.3) is 0 Å². The van der Waals surface area contributed by atoms with Crippen LogP contribution in [0, 0.1) is 6.92 Å². The molecule has 3 aromatic carbocycles. The van der Waals surface area contributed by atoms with E-state index in [0.29, 0.717) is 0 Å². The molecule has 1 aliphatic rings. The number of hydrogen-bond donors (Lipinski definition) is 0. The first kappa shape index (κ1) is 13.7. The van der Waals surface area contributed by atoms with E-state index in [0.717, 1.165) is 11.5 Å². The van der Waals surface area contributed by atoms with Crippen LogP contribution in [0.4, 0.5) is 0 Å². The van der Waals surface area contributed by atoms with Crippen LogP contribution in [0.25, 0.3) is 0 Å². The van der Waals surface area contributed by atoms with Crippen LogP contribution >= 0.6 is 0 Å². The molecule has 1 radical (unpaired) electrons. The van der Waals surface area contributed by atoms with Crippen LogP contribution in [0.2, 0.25) is 5.71 Å². The second-order valence-corrected chi connectivity index (χ2v) is 13.2. The third kappa shape index (κ3) is 1.93. The van der Waals surface area contributed by atoms with Crippen molar-refractivity contribution in [3.8, 4) is 11.5 Å². The Balaban J connectivity index is 2.03. The van der Waals surface area contributed by atoms with Crippen LogP contribution in [0.15, 0.2) is 72.8 Å². The van der Waals surface area contributed by atoms with Gasteiger partial charge in [0.05, 0.1) is 0 Å². The molecular weight excluding hydrogens is 331 g/mol. The SMILES string of the molecule is Cc1ccc([As]2(C)c3ccccc3Oc3ccccc32)cc1.